The smallest absolute Gasteiger partial charge is 0.242 e. The molecule has 8 heteroatoms. The van der Waals surface area contributed by atoms with Gasteiger partial charge in [-0.2, -0.15) is 13.2 Å². The van der Waals surface area contributed by atoms with Crippen LogP contribution in [0, 0.1) is 6.92 Å². The lowest BCUT2D eigenvalue weighted by Crippen LogP contribution is -2.09. The first-order valence-electron chi connectivity index (χ1n) is 8.52. The Kier molecular flexibility index (Phi) is 7.11. The van der Waals surface area contributed by atoms with Crippen LogP contribution in [-0.4, -0.2) is 15.0 Å². The minimum atomic E-state index is -4.52. The summed E-state index contributed by atoms with van der Waals surface area (Å²) in [6.45, 7) is 1.97. The van der Waals surface area contributed by atoms with E-state index in [9.17, 15) is 13.2 Å². The van der Waals surface area contributed by atoms with E-state index >= 15 is 0 Å². The van der Waals surface area contributed by atoms with Crippen LogP contribution in [0.2, 0.25) is 0 Å². The predicted octanol–water partition coefficient (Wildman–Crippen LogP) is 6.93. The molecule has 0 atom stereocenters. The highest BCUT2D eigenvalue weighted by Crippen LogP contribution is 2.29. The van der Waals surface area contributed by atoms with E-state index in [0.29, 0.717) is 10.7 Å². The average Bonchev–Trinajstić information content (AvgIpc) is 2.70. The summed E-state index contributed by atoms with van der Waals surface area (Å²) < 4.78 is 38.8. The summed E-state index contributed by atoms with van der Waals surface area (Å²) in [5, 5.41) is 2.31. The molecular formula is C21H16F3N3S2. The molecule has 148 valence electrons. The van der Waals surface area contributed by atoms with E-state index in [1.54, 1.807) is 6.08 Å². The molecule has 0 saturated carbocycles. The zero-order valence-corrected chi connectivity index (χ0v) is 16.9. The number of rotatable bonds is 5. The van der Waals surface area contributed by atoms with Crippen LogP contribution >= 0.6 is 23.5 Å². The molecule has 0 radical (unpaired) electrons. The first-order chi connectivity index (χ1) is 13.9. The number of aryl methyl sites for hydroxylation is 1. The Bertz CT molecular complexity index is 1000. The molecule has 0 bridgehead atoms. The Morgan fingerprint density at radius 2 is 1.72 bits per heavy atom. The van der Waals surface area contributed by atoms with Crippen molar-refractivity contribution in [3.05, 3.63) is 89.6 Å². The summed E-state index contributed by atoms with van der Waals surface area (Å²) in [5.74, 6) is 0. The van der Waals surface area contributed by atoms with Crippen molar-refractivity contribution >= 4 is 34.3 Å². The van der Waals surface area contributed by atoms with Crippen molar-refractivity contribution in [2.24, 2.45) is 4.99 Å². The number of benzene rings is 2. The zero-order valence-electron chi connectivity index (χ0n) is 15.3. The Morgan fingerprint density at radius 1 is 1.00 bits per heavy atom. The van der Waals surface area contributed by atoms with Gasteiger partial charge in [0.2, 0.25) is 0 Å². The summed E-state index contributed by atoms with van der Waals surface area (Å²) in [7, 11) is 0. The van der Waals surface area contributed by atoms with Crippen LogP contribution in [0.1, 0.15) is 11.3 Å². The largest absolute Gasteiger partial charge is 0.433 e. The first kappa shape index (κ1) is 21.1. The summed E-state index contributed by atoms with van der Waals surface area (Å²) in [4.78, 5) is 13.1. The Morgan fingerprint density at radius 3 is 2.41 bits per heavy atom. The Balaban J connectivity index is 1.85. The van der Waals surface area contributed by atoms with Crippen LogP contribution < -0.4 is 0 Å². The van der Waals surface area contributed by atoms with Crippen LogP contribution in [0.25, 0.3) is 0 Å². The average molecular weight is 432 g/mol. The fraction of sp³-hybridized carbons (Fsp3) is 0.0952. The SMILES string of the molecule is Cc1ccc(N=C(C=CSc2ccccc2)Sc2nccc(C(F)(F)F)n2)cc1. The molecule has 0 saturated heterocycles. The molecule has 0 N–H and O–H groups in total. The van der Waals surface area contributed by atoms with E-state index in [4.69, 9.17) is 0 Å². The Hall–Kier alpha value is -2.58. The quantitative estimate of drug-likeness (QED) is 0.190. The van der Waals surface area contributed by atoms with Gasteiger partial charge in [-0.1, -0.05) is 47.7 Å². The van der Waals surface area contributed by atoms with Crippen molar-refractivity contribution in [3.63, 3.8) is 0 Å². The van der Waals surface area contributed by atoms with E-state index in [0.717, 1.165) is 34.5 Å². The van der Waals surface area contributed by atoms with Crippen LogP contribution in [0.4, 0.5) is 18.9 Å². The van der Waals surface area contributed by atoms with Gasteiger partial charge >= 0.3 is 6.18 Å². The fourth-order valence-electron chi connectivity index (χ4n) is 2.15. The second kappa shape index (κ2) is 9.76. The number of nitrogens with zero attached hydrogens (tertiary/aromatic N) is 3. The maximum absolute atomic E-state index is 12.9. The summed E-state index contributed by atoms with van der Waals surface area (Å²) in [6, 6.07) is 18.1. The number of halogens is 3. The maximum Gasteiger partial charge on any atom is 0.433 e. The fourth-order valence-corrected chi connectivity index (χ4v) is 3.64. The predicted molar refractivity (Wildman–Crippen MR) is 113 cm³/mol. The van der Waals surface area contributed by atoms with Gasteiger partial charge in [0, 0.05) is 11.1 Å². The molecule has 0 aliphatic rings. The number of aromatic nitrogens is 2. The molecular weight excluding hydrogens is 415 g/mol. The highest BCUT2D eigenvalue weighted by molar-refractivity contribution is 8.14. The summed E-state index contributed by atoms with van der Waals surface area (Å²) >= 11 is 2.46. The van der Waals surface area contributed by atoms with Crippen molar-refractivity contribution in [2.45, 2.75) is 23.2 Å². The van der Waals surface area contributed by atoms with Crippen molar-refractivity contribution in [1.29, 1.82) is 0 Å². The van der Waals surface area contributed by atoms with E-state index in [-0.39, 0.29) is 5.16 Å². The topological polar surface area (TPSA) is 38.1 Å². The number of hydrogen-bond donors (Lipinski definition) is 0. The van der Waals surface area contributed by atoms with E-state index in [2.05, 4.69) is 15.0 Å². The van der Waals surface area contributed by atoms with Crippen molar-refractivity contribution in [1.82, 2.24) is 9.97 Å². The van der Waals surface area contributed by atoms with Gasteiger partial charge in [-0.05, 0) is 60.5 Å². The van der Waals surface area contributed by atoms with Gasteiger partial charge < -0.3 is 0 Å². The summed E-state index contributed by atoms with van der Waals surface area (Å²) in [6.07, 6.45) is -1.68. The molecule has 3 rings (SSSR count). The van der Waals surface area contributed by atoms with E-state index < -0.39 is 11.9 Å². The van der Waals surface area contributed by atoms with Crippen molar-refractivity contribution < 1.29 is 13.2 Å². The van der Waals surface area contributed by atoms with Gasteiger partial charge in [-0.3, -0.25) is 0 Å². The van der Waals surface area contributed by atoms with Gasteiger partial charge in [0.15, 0.2) is 5.16 Å². The van der Waals surface area contributed by atoms with Crippen LogP contribution in [0.15, 0.2) is 93.4 Å². The molecule has 0 aliphatic heterocycles. The molecule has 0 amide bonds. The molecule has 0 fully saturated rings. The zero-order chi connectivity index (χ0) is 20.7. The molecule has 2 aromatic carbocycles. The second-order valence-corrected chi connectivity index (χ2v) is 7.81. The lowest BCUT2D eigenvalue weighted by atomic mass is 10.2. The lowest BCUT2D eigenvalue weighted by molar-refractivity contribution is -0.141. The molecule has 3 aromatic rings. The third-order valence-electron chi connectivity index (χ3n) is 3.55. The third kappa shape index (κ3) is 6.76. The van der Waals surface area contributed by atoms with E-state index in [1.807, 2.05) is 66.9 Å². The molecule has 1 aromatic heterocycles. The van der Waals surface area contributed by atoms with Crippen molar-refractivity contribution in [2.75, 3.05) is 0 Å². The molecule has 3 nitrogen and oxygen atoms in total. The van der Waals surface area contributed by atoms with Gasteiger partial charge in [-0.15, -0.1) is 0 Å². The molecule has 0 spiro atoms. The molecule has 0 aliphatic carbocycles. The van der Waals surface area contributed by atoms with E-state index in [1.165, 1.54) is 11.8 Å². The number of thioether (sulfide) groups is 2. The minimum Gasteiger partial charge on any atom is -0.242 e. The standard InChI is InChI=1S/C21H16F3N3S2/c1-15-7-9-16(10-8-15)26-19(12-14-28-17-5-3-2-4-6-17)29-20-25-13-11-18(27-20)21(22,23)24/h2-14H,1H3. The molecule has 29 heavy (non-hydrogen) atoms. The number of hydrogen-bond acceptors (Lipinski definition) is 5. The normalized spacial score (nSPS) is 12.5. The number of alkyl halides is 3. The van der Waals surface area contributed by atoms with Crippen LogP contribution in [0.5, 0.6) is 0 Å². The highest BCUT2D eigenvalue weighted by Gasteiger charge is 2.32. The van der Waals surface area contributed by atoms with Crippen molar-refractivity contribution in [3.8, 4) is 0 Å². The first-order valence-corrected chi connectivity index (χ1v) is 10.2. The highest BCUT2D eigenvalue weighted by atomic mass is 32.2. The lowest BCUT2D eigenvalue weighted by Gasteiger charge is -2.07. The second-order valence-electron chi connectivity index (χ2n) is 5.84. The van der Waals surface area contributed by atoms with Gasteiger partial charge in [0.1, 0.15) is 10.7 Å². The minimum absolute atomic E-state index is 0.0138. The monoisotopic (exact) mass is 431 g/mol. The molecule has 0 unspecified atom stereocenters. The summed E-state index contributed by atoms with van der Waals surface area (Å²) in [5.41, 5.74) is 0.807. The van der Waals surface area contributed by atoms with Gasteiger partial charge in [0.25, 0.3) is 0 Å². The number of aliphatic imine (C=N–C) groups is 1. The van der Waals surface area contributed by atoms with Gasteiger partial charge in [0.05, 0.1) is 5.69 Å². The third-order valence-corrected chi connectivity index (χ3v) is 5.18. The maximum atomic E-state index is 12.9. The van der Waals surface area contributed by atoms with Crippen LogP contribution in [-0.2, 0) is 6.18 Å². The Labute approximate surface area is 175 Å². The van der Waals surface area contributed by atoms with Gasteiger partial charge in [-0.25, -0.2) is 15.0 Å². The molecule has 1 heterocycles. The van der Waals surface area contributed by atoms with Crippen LogP contribution in [0.3, 0.4) is 0 Å².